The zero-order valence-corrected chi connectivity index (χ0v) is 21.8. The number of aryl methyl sites for hydroxylation is 1. The normalized spacial score (nSPS) is 13.4. The van der Waals surface area contributed by atoms with E-state index in [1.807, 2.05) is 37.3 Å². The summed E-state index contributed by atoms with van der Waals surface area (Å²) in [4.78, 5) is 35.4. The van der Waals surface area contributed by atoms with Gasteiger partial charge in [-0.3, -0.25) is 9.00 Å². The molecular weight excluding hydrogens is 524 g/mol. The summed E-state index contributed by atoms with van der Waals surface area (Å²) in [7, 11) is -1.70. The van der Waals surface area contributed by atoms with Gasteiger partial charge < -0.3 is 10.6 Å². The Morgan fingerprint density at radius 2 is 1.77 bits per heavy atom. The van der Waals surface area contributed by atoms with Gasteiger partial charge in [0.25, 0.3) is 5.91 Å². The molecule has 1 aliphatic rings. The van der Waals surface area contributed by atoms with E-state index < -0.39 is 34.2 Å². The molecule has 3 amide bonds. The summed E-state index contributed by atoms with van der Waals surface area (Å²) < 4.78 is 42.1. The average Bonchev–Trinajstić information content (AvgIpc) is 2.93. The van der Waals surface area contributed by atoms with E-state index in [1.165, 1.54) is 12.3 Å². The third-order valence-corrected chi connectivity index (χ3v) is 6.96. The molecule has 1 aromatic heterocycles. The van der Waals surface area contributed by atoms with Crippen molar-refractivity contribution < 1.29 is 22.6 Å². The maximum absolute atomic E-state index is 14.8. The lowest BCUT2D eigenvalue weighted by atomic mass is 9.97. The fraction of sp³-hybridized carbons (Fsp3) is 0.143. The Hall–Kier alpha value is -4.51. The standard InChI is InChI=1S/C28H23F2N5O3S/c1-16-11-12-18(26(36)31-14-17-7-4-3-5-8-17)13-19(16)23-20-15-32-28(37)35(24-21(29)9-6-10-22(24)30)25(20)34-27(33-23)39(2)38/h3-13H,14-15H2,1-2H3,(H,31,36)(H,32,37). The number of aromatic nitrogens is 2. The molecule has 11 heteroatoms. The number of carbonyl (C=O) groups is 2. The molecule has 0 bridgehead atoms. The average molecular weight is 548 g/mol. The summed E-state index contributed by atoms with van der Waals surface area (Å²) in [5.41, 5.74) is 2.60. The molecule has 3 aromatic carbocycles. The van der Waals surface area contributed by atoms with Crippen LogP contribution in [-0.4, -0.2) is 32.4 Å². The third-order valence-electron chi connectivity index (χ3n) is 6.27. The highest BCUT2D eigenvalue weighted by Gasteiger charge is 2.34. The van der Waals surface area contributed by atoms with Crippen molar-refractivity contribution in [1.82, 2.24) is 20.6 Å². The first-order valence-corrected chi connectivity index (χ1v) is 13.5. The number of hydrogen-bond donors (Lipinski definition) is 2. The van der Waals surface area contributed by atoms with E-state index in [0.29, 0.717) is 28.9 Å². The van der Waals surface area contributed by atoms with Crippen LogP contribution in [0.25, 0.3) is 11.3 Å². The second kappa shape index (κ2) is 10.7. The number of anilines is 2. The topological polar surface area (TPSA) is 104 Å². The Morgan fingerprint density at radius 1 is 1.05 bits per heavy atom. The van der Waals surface area contributed by atoms with E-state index in [2.05, 4.69) is 20.6 Å². The lowest BCUT2D eigenvalue weighted by Gasteiger charge is -2.30. The highest BCUT2D eigenvalue weighted by molar-refractivity contribution is 7.84. The lowest BCUT2D eigenvalue weighted by Crippen LogP contribution is -2.43. The van der Waals surface area contributed by atoms with E-state index in [4.69, 9.17) is 0 Å². The summed E-state index contributed by atoms with van der Waals surface area (Å²) in [6.45, 7) is 2.10. The smallest absolute Gasteiger partial charge is 0.328 e. The summed E-state index contributed by atoms with van der Waals surface area (Å²) in [5.74, 6) is -2.34. The van der Waals surface area contributed by atoms with Gasteiger partial charge in [-0.1, -0.05) is 42.5 Å². The number of rotatable bonds is 6. The lowest BCUT2D eigenvalue weighted by molar-refractivity contribution is 0.0951. The van der Waals surface area contributed by atoms with Crippen molar-refractivity contribution in [2.24, 2.45) is 0 Å². The quantitative estimate of drug-likeness (QED) is 0.339. The van der Waals surface area contributed by atoms with Crippen molar-refractivity contribution in [2.75, 3.05) is 11.2 Å². The number of urea groups is 1. The summed E-state index contributed by atoms with van der Waals surface area (Å²) in [6, 6.07) is 17.0. The number of nitrogens with one attached hydrogen (secondary N) is 2. The van der Waals surface area contributed by atoms with Crippen LogP contribution < -0.4 is 15.5 Å². The van der Waals surface area contributed by atoms with Gasteiger partial charge in [0, 0.05) is 29.5 Å². The number of carbonyl (C=O) groups excluding carboxylic acids is 2. The first kappa shape index (κ1) is 26.1. The maximum Gasteiger partial charge on any atom is 0.328 e. The molecule has 0 fully saturated rings. The van der Waals surface area contributed by atoms with Crippen LogP contribution in [0.4, 0.5) is 25.1 Å². The summed E-state index contributed by atoms with van der Waals surface area (Å²) in [5, 5.41) is 5.37. The molecule has 1 atom stereocenters. The van der Waals surface area contributed by atoms with Crippen LogP contribution in [0.15, 0.2) is 71.9 Å². The second-order valence-corrected chi connectivity index (χ2v) is 10.1. The van der Waals surface area contributed by atoms with Gasteiger partial charge in [0.05, 0.1) is 23.0 Å². The van der Waals surface area contributed by atoms with Gasteiger partial charge in [0.2, 0.25) is 5.16 Å². The van der Waals surface area contributed by atoms with Gasteiger partial charge in [-0.2, -0.15) is 0 Å². The van der Waals surface area contributed by atoms with E-state index in [0.717, 1.165) is 28.2 Å². The van der Waals surface area contributed by atoms with Crippen LogP contribution >= 0.6 is 0 Å². The number of amides is 3. The Morgan fingerprint density at radius 3 is 2.46 bits per heavy atom. The van der Waals surface area contributed by atoms with Gasteiger partial charge in [-0.05, 0) is 42.3 Å². The van der Waals surface area contributed by atoms with E-state index in [9.17, 15) is 22.6 Å². The number of nitrogens with zero attached hydrogens (tertiary/aromatic N) is 3. The van der Waals surface area contributed by atoms with Crippen LogP contribution in [0, 0.1) is 18.6 Å². The molecule has 5 rings (SSSR count). The first-order valence-electron chi connectivity index (χ1n) is 11.9. The monoisotopic (exact) mass is 547 g/mol. The van der Waals surface area contributed by atoms with E-state index >= 15 is 0 Å². The SMILES string of the molecule is Cc1ccc(C(=O)NCc2ccccc2)cc1-c1nc(S(C)=O)nc2c1CNC(=O)N2c1c(F)cccc1F. The molecule has 4 aromatic rings. The Balaban J connectivity index is 1.62. The first-order chi connectivity index (χ1) is 18.7. The fourth-order valence-corrected chi connectivity index (χ4v) is 4.73. The van der Waals surface area contributed by atoms with Crippen molar-refractivity contribution >= 4 is 34.2 Å². The molecule has 39 heavy (non-hydrogen) atoms. The minimum Gasteiger partial charge on any atom is -0.348 e. The maximum atomic E-state index is 14.8. The zero-order valence-electron chi connectivity index (χ0n) is 21.0. The molecule has 0 saturated carbocycles. The molecular formula is C28H23F2N5O3S. The molecule has 198 valence electrons. The molecule has 0 radical (unpaired) electrons. The van der Waals surface area contributed by atoms with Crippen LogP contribution in [-0.2, 0) is 23.9 Å². The largest absolute Gasteiger partial charge is 0.348 e. The van der Waals surface area contributed by atoms with Crippen LogP contribution in [0.1, 0.15) is 27.0 Å². The summed E-state index contributed by atoms with van der Waals surface area (Å²) in [6.07, 6.45) is 1.36. The number of hydrogen-bond acceptors (Lipinski definition) is 5. The molecule has 1 unspecified atom stereocenters. The van der Waals surface area contributed by atoms with Crippen molar-refractivity contribution in [3.63, 3.8) is 0 Å². The highest BCUT2D eigenvalue weighted by atomic mass is 32.2. The molecule has 0 aliphatic carbocycles. The Labute approximate surface area is 225 Å². The van der Waals surface area contributed by atoms with Gasteiger partial charge in [0.15, 0.2) is 5.82 Å². The highest BCUT2D eigenvalue weighted by Crippen LogP contribution is 2.38. The van der Waals surface area contributed by atoms with Gasteiger partial charge in [0.1, 0.15) is 17.3 Å². The molecule has 2 N–H and O–H groups in total. The third kappa shape index (κ3) is 5.13. The second-order valence-electron chi connectivity index (χ2n) is 8.87. The van der Waals surface area contributed by atoms with Crippen molar-refractivity contribution in [3.8, 4) is 11.3 Å². The van der Waals surface area contributed by atoms with Gasteiger partial charge >= 0.3 is 6.03 Å². The fourth-order valence-electron chi connectivity index (χ4n) is 4.30. The molecule has 8 nitrogen and oxygen atoms in total. The molecule has 2 heterocycles. The Bertz CT molecular complexity index is 1610. The van der Waals surface area contributed by atoms with Crippen LogP contribution in [0.2, 0.25) is 0 Å². The van der Waals surface area contributed by atoms with Gasteiger partial charge in [-0.25, -0.2) is 28.4 Å². The van der Waals surface area contributed by atoms with E-state index in [-0.39, 0.29) is 23.4 Å². The molecule has 0 saturated heterocycles. The van der Waals surface area contributed by atoms with E-state index in [1.54, 1.807) is 18.2 Å². The minimum absolute atomic E-state index is 0.0451. The number of halogens is 2. The zero-order chi connectivity index (χ0) is 27.7. The predicted octanol–water partition coefficient (Wildman–Crippen LogP) is 4.76. The van der Waals surface area contributed by atoms with Crippen molar-refractivity contribution in [3.05, 3.63) is 101 Å². The molecule has 1 aliphatic heterocycles. The van der Waals surface area contributed by atoms with Crippen molar-refractivity contribution in [1.29, 1.82) is 0 Å². The van der Waals surface area contributed by atoms with Crippen LogP contribution in [0.3, 0.4) is 0 Å². The summed E-state index contributed by atoms with van der Waals surface area (Å²) >= 11 is 0. The predicted molar refractivity (Wildman–Crippen MR) is 143 cm³/mol. The Kier molecular flexibility index (Phi) is 7.16. The number of benzene rings is 3. The minimum atomic E-state index is -1.70. The number of fused-ring (bicyclic) bond motifs is 1. The van der Waals surface area contributed by atoms with Crippen molar-refractivity contribution in [2.45, 2.75) is 25.2 Å². The van der Waals surface area contributed by atoms with Crippen LogP contribution in [0.5, 0.6) is 0 Å². The van der Waals surface area contributed by atoms with Gasteiger partial charge in [-0.15, -0.1) is 0 Å². The molecule has 0 spiro atoms. The number of para-hydroxylation sites is 1.